The molecule has 6 heteroatoms. The molecule has 2 N–H and O–H groups in total. The predicted molar refractivity (Wildman–Crippen MR) is 98.1 cm³/mol. The molecule has 0 saturated heterocycles. The van der Waals surface area contributed by atoms with Crippen molar-refractivity contribution in [2.45, 2.75) is 25.2 Å². The Labute approximate surface area is 146 Å². The topological polar surface area (TPSA) is 62.0 Å². The van der Waals surface area contributed by atoms with Gasteiger partial charge in [0.2, 0.25) is 10.0 Å². The molecule has 1 aromatic heterocycles. The minimum Gasteiger partial charge on any atom is -0.358 e. The molecule has 3 rings (SSSR count). The first-order chi connectivity index (χ1) is 11.4. The minimum absolute atomic E-state index is 0.189. The van der Waals surface area contributed by atoms with Gasteiger partial charge in [-0.3, -0.25) is 0 Å². The van der Waals surface area contributed by atoms with Crippen molar-refractivity contribution >= 4 is 32.5 Å². The molecule has 0 aliphatic carbocycles. The first-order valence-corrected chi connectivity index (χ1v) is 9.56. The molecule has 126 valence electrons. The van der Waals surface area contributed by atoms with Gasteiger partial charge in [0.05, 0.1) is 4.90 Å². The van der Waals surface area contributed by atoms with Gasteiger partial charge in [-0.2, -0.15) is 0 Å². The standard InChI is InChI=1S/C18H19ClN2O2S/c1-12-7-8-14(11-17(12)19)24(22,23)20-10-9-15-13(2)21-18-6-4-3-5-16(15)18/h3-8,11,20-21H,9-10H2,1-2H3. The van der Waals surface area contributed by atoms with Crippen molar-refractivity contribution in [2.75, 3.05) is 6.54 Å². The molecule has 0 spiro atoms. The highest BCUT2D eigenvalue weighted by Gasteiger charge is 2.15. The van der Waals surface area contributed by atoms with Crippen LogP contribution in [0.3, 0.4) is 0 Å². The van der Waals surface area contributed by atoms with Crippen molar-refractivity contribution in [2.24, 2.45) is 0 Å². The number of sulfonamides is 1. The van der Waals surface area contributed by atoms with Gasteiger partial charge in [-0.05, 0) is 49.6 Å². The molecule has 0 amide bonds. The van der Waals surface area contributed by atoms with Gasteiger partial charge in [-0.1, -0.05) is 35.9 Å². The van der Waals surface area contributed by atoms with Crippen molar-refractivity contribution in [1.82, 2.24) is 9.71 Å². The van der Waals surface area contributed by atoms with E-state index in [0.29, 0.717) is 18.0 Å². The van der Waals surface area contributed by atoms with Crippen LogP contribution in [0.5, 0.6) is 0 Å². The Balaban J connectivity index is 1.75. The van der Waals surface area contributed by atoms with Gasteiger partial charge in [0.15, 0.2) is 0 Å². The number of fused-ring (bicyclic) bond motifs is 1. The van der Waals surface area contributed by atoms with Crippen LogP contribution in [0.2, 0.25) is 5.02 Å². The second kappa shape index (κ2) is 6.59. The number of aromatic nitrogens is 1. The van der Waals surface area contributed by atoms with Crippen molar-refractivity contribution in [3.63, 3.8) is 0 Å². The first-order valence-electron chi connectivity index (χ1n) is 7.70. The van der Waals surface area contributed by atoms with Crippen LogP contribution < -0.4 is 4.72 Å². The highest BCUT2D eigenvalue weighted by Crippen LogP contribution is 2.23. The molecule has 0 aliphatic heterocycles. The van der Waals surface area contributed by atoms with Gasteiger partial charge in [0.1, 0.15) is 0 Å². The van der Waals surface area contributed by atoms with Crippen LogP contribution in [0.1, 0.15) is 16.8 Å². The smallest absolute Gasteiger partial charge is 0.240 e. The Morgan fingerprint density at radius 1 is 1.12 bits per heavy atom. The number of benzene rings is 2. The molecule has 1 heterocycles. The quantitative estimate of drug-likeness (QED) is 0.721. The van der Waals surface area contributed by atoms with Crippen LogP contribution in [0.15, 0.2) is 47.4 Å². The zero-order chi connectivity index (χ0) is 17.3. The summed E-state index contributed by atoms with van der Waals surface area (Å²) in [6.07, 6.45) is 0.620. The second-order valence-corrected chi connectivity index (χ2v) is 8.01. The molecule has 0 aliphatic rings. The van der Waals surface area contributed by atoms with Crippen LogP contribution in [0, 0.1) is 13.8 Å². The number of halogens is 1. The van der Waals surface area contributed by atoms with Crippen molar-refractivity contribution in [3.05, 3.63) is 64.3 Å². The molecular weight excluding hydrogens is 344 g/mol. The molecule has 0 fully saturated rings. The third-order valence-corrected chi connectivity index (χ3v) is 6.01. The molecule has 4 nitrogen and oxygen atoms in total. The molecular formula is C18H19ClN2O2S. The van der Waals surface area contributed by atoms with Gasteiger partial charge in [0.25, 0.3) is 0 Å². The highest BCUT2D eigenvalue weighted by atomic mass is 35.5. The molecule has 3 aromatic rings. The van der Waals surface area contributed by atoms with E-state index in [2.05, 4.69) is 9.71 Å². The van der Waals surface area contributed by atoms with E-state index >= 15 is 0 Å². The molecule has 24 heavy (non-hydrogen) atoms. The summed E-state index contributed by atoms with van der Waals surface area (Å²) in [6.45, 7) is 4.17. The SMILES string of the molecule is Cc1ccc(S(=O)(=O)NCCc2c(C)[nH]c3ccccc23)cc1Cl. The Morgan fingerprint density at radius 3 is 2.62 bits per heavy atom. The largest absolute Gasteiger partial charge is 0.358 e. The summed E-state index contributed by atoms with van der Waals surface area (Å²) in [6, 6.07) is 12.8. The Hall–Kier alpha value is -1.82. The number of para-hydroxylation sites is 1. The summed E-state index contributed by atoms with van der Waals surface area (Å²) in [5.41, 5.74) is 4.12. The van der Waals surface area contributed by atoms with Gasteiger partial charge < -0.3 is 4.98 Å². The zero-order valence-corrected chi connectivity index (χ0v) is 15.1. The number of aromatic amines is 1. The lowest BCUT2D eigenvalue weighted by molar-refractivity contribution is 0.581. The van der Waals surface area contributed by atoms with Crippen LogP contribution in [-0.2, 0) is 16.4 Å². The molecule has 0 bridgehead atoms. The summed E-state index contributed by atoms with van der Waals surface area (Å²) in [4.78, 5) is 3.51. The lowest BCUT2D eigenvalue weighted by atomic mass is 10.1. The Morgan fingerprint density at radius 2 is 1.88 bits per heavy atom. The number of rotatable bonds is 5. The summed E-state index contributed by atoms with van der Waals surface area (Å²) in [7, 11) is -3.56. The maximum atomic E-state index is 12.4. The van der Waals surface area contributed by atoms with Gasteiger partial charge in [-0.15, -0.1) is 0 Å². The summed E-state index contributed by atoms with van der Waals surface area (Å²) < 4.78 is 27.4. The van der Waals surface area contributed by atoms with Crippen LogP contribution in [0.4, 0.5) is 0 Å². The third kappa shape index (κ3) is 3.34. The maximum absolute atomic E-state index is 12.4. The molecule has 2 aromatic carbocycles. The monoisotopic (exact) mass is 362 g/mol. The number of hydrogen-bond acceptors (Lipinski definition) is 2. The van der Waals surface area contributed by atoms with E-state index in [1.807, 2.05) is 38.1 Å². The van der Waals surface area contributed by atoms with E-state index in [1.54, 1.807) is 12.1 Å². The third-order valence-electron chi connectivity index (χ3n) is 4.15. The summed E-state index contributed by atoms with van der Waals surface area (Å²) in [5, 5.41) is 1.58. The zero-order valence-electron chi connectivity index (χ0n) is 13.6. The average molecular weight is 363 g/mol. The maximum Gasteiger partial charge on any atom is 0.240 e. The first kappa shape index (κ1) is 17.0. The summed E-state index contributed by atoms with van der Waals surface area (Å²) in [5.74, 6) is 0. The number of hydrogen-bond donors (Lipinski definition) is 2. The molecule has 0 atom stereocenters. The molecule has 0 unspecified atom stereocenters. The highest BCUT2D eigenvalue weighted by molar-refractivity contribution is 7.89. The lowest BCUT2D eigenvalue weighted by Gasteiger charge is -2.08. The van der Waals surface area contributed by atoms with E-state index in [0.717, 1.165) is 27.7 Å². The average Bonchev–Trinajstić information content (AvgIpc) is 2.86. The lowest BCUT2D eigenvalue weighted by Crippen LogP contribution is -2.26. The van der Waals surface area contributed by atoms with Crippen molar-refractivity contribution < 1.29 is 8.42 Å². The fourth-order valence-corrected chi connectivity index (χ4v) is 4.09. The van der Waals surface area contributed by atoms with E-state index in [1.165, 1.54) is 6.07 Å². The van der Waals surface area contributed by atoms with Crippen LogP contribution in [-0.4, -0.2) is 19.9 Å². The van der Waals surface area contributed by atoms with Gasteiger partial charge >= 0.3 is 0 Å². The van der Waals surface area contributed by atoms with E-state index < -0.39 is 10.0 Å². The number of aryl methyl sites for hydroxylation is 2. The van der Waals surface area contributed by atoms with E-state index in [4.69, 9.17) is 11.6 Å². The predicted octanol–water partition coefficient (Wildman–Crippen LogP) is 3.96. The van der Waals surface area contributed by atoms with Crippen LogP contribution in [0.25, 0.3) is 10.9 Å². The van der Waals surface area contributed by atoms with Gasteiger partial charge in [-0.25, -0.2) is 13.1 Å². The van der Waals surface area contributed by atoms with E-state index in [9.17, 15) is 8.42 Å². The molecule has 0 radical (unpaired) electrons. The fourth-order valence-electron chi connectivity index (χ4n) is 2.79. The Kier molecular flexibility index (Phi) is 4.67. The normalized spacial score (nSPS) is 12.0. The minimum atomic E-state index is -3.56. The van der Waals surface area contributed by atoms with Gasteiger partial charge in [0, 0.05) is 28.2 Å². The Bertz CT molecular complexity index is 993. The summed E-state index contributed by atoms with van der Waals surface area (Å²) >= 11 is 6.02. The second-order valence-electron chi connectivity index (χ2n) is 5.83. The van der Waals surface area contributed by atoms with E-state index in [-0.39, 0.29) is 4.90 Å². The van der Waals surface area contributed by atoms with Crippen molar-refractivity contribution in [3.8, 4) is 0 Å². The molecule has 0 saturated carbocycles. The van der Waals surface area contributed by atoms with Crippen molar-refractivity contribution in [1.29, 1.82) is 0 Å². The number of H-pyrrole nitrogens is 1. The number of nitrogens with one attached hydrogen (secondary N) is 2. The van der Waals surface area contributed by atoms with Crippen LogP contribution >= 0.6 is 11.6 Å². The fraction of sp³-hybridized carbons (Fsp3) is 0.222.